The van der Waals surface area contributed by atoms with Crippen molar-refractivity contribution in [2.75, 3.05) is 0 Å². The topological polar surface area (TPSA) is 0 Å². The van der Waals surface area contributed by atoms with Crippen molar-refractivity contribution in [3.8, 4) is 0 Å². The molecule has 0 saturated carbocycles. The van der Waals surface area contributed by atoms with Gasteiger partial charge in [-0.3, -0.25) is 0 Å². The molecule has 0 spiro atoms. The first-order valence-electron chi connectivity index (χ1n) is 9.60. The van der Waals surface area contributed by atoms with Gasteiger partial charge in [0.25, 0.3) is 0 Å². The van der Waals surface area contributed by atoms with Crippen LogP contribution in [0, 0.1) is 10.8 Å². The Kier molecular flexibility index (Phi) is 5.61. The highest BCUT2D eigenvalue weighted by molar-refractivity contribution is 5.24. The van der Waals surface area contributed by atoms with Gasteiger partial charge in [0.05, 0.1) is 0 Å². The molecule has 0 N–H and O–H groups in total. The lowest BCUT2D eigenvalue weighted by Gasteiger charge is -2.45. The second-order valence-electron chi connectivity index (χ2n) is 8.43. The first kappa shape index (κ1) is 18.5. The third-order valence-corrected chi connectivity index (χ3v) is 6.00. The maximum atomic E-state index is 2.47. The van der Waals surface area contributed by atoms with Crippen molar-refractivity contribution < 1.29 is 0 Å². The van der Waals surface area contributed by atoms with Crippen LogP contribution < -0.4 is 0 Å². The minimum atomic E-state index is 0.158. The van der Waals surface area contributed by atoms with E-state index >= 15 is 0 Å². The van der Waals surface area contributed by atoms with Crippen molar-refractivity contribution in [3.05, 3.63) is 108 Å². The van der Waals surface area contributed by atoms with E-state index in [9.17, 15) is 0 Å². The first-order chi connectivity index (χ1) is 12.5. The lowest BCUT2D eigenvalue weighted by atomic mass is 9.59. The Morgan fingerprint density at radius 2 is 0.769 bits per heavy atom. The van der Waals surface area contributed by atoms with Gasteiger partial charge in [-0.1, -0.05) is 112 Å². The molecular formula is C26H30. The molecule has 3 rings (SSSR count). The molecule has 0 heteroatoms. The highest BCUT2D eigenvalue weighted by atomic mass is 14.4. The van der Waals surface area contributed by atoms with Gasteiger partial charge >= 0.3 is 0 Å². The SMILES string of the molecule is CC(C)(Cc1ccccc1)C(C)(Cc1ccccc1)Cc1ccccc1. The summed E-state index contributed by atoms with van der Waals surface area (Å²) in [7, 11) is 0. The third kappa shape index (κ3) is 4.43. The predicted octanol–water partition coefficient (Wildman–Crippen LogP) is 6.75. The van der Waals surface area contributed by atoms with Crippen molar-refractivity contribution in [3.63, 3.8) is 0 Å². The number of rotatable bonds is 7. The largest absolute Gasteiger partial charge is 0.0622 e. The highest BCUT2D eigenvalue weighted by Gasteiger charge is 2.40. The van der Waals surface area contributed by atoms with E-state index in [4.69, 9.17) is 0 Å². The summed E-state index contributed by atoms with van der Waals surface area (Å²) in [5.74, 6) is 0. The van der Waals surface area contributed by atoms with Crippen LogP contribution >= 0.6 is 0 Å². The fourth-order valence-corrected chi connectivity index (χ4v) is 3.95. The molecule has 0 saturated heterocycles. The monoisotopic (exact) mass is 342 g/mol. The average molecular weight is 343 g/mol. The summed E-state index contributed by atoms with van der Waals surface area (Å²) >= 11 is 0. The molecule has 0 aliphatic rings. The van der Waals surface area contributed by atoms with Gasteiger partial charge in [-0.05, 0) is 46.8 Å². The van der Waals surface area contributed by atoms with Crippen molar-refractivity contribution in [1.82, 2.24) is 0 Å². The van der Waals surface area contributed by atoms with E-state index in [-0.39, 0.29) is 10.8 Å². The first-order valence-corrected chi connectivity index (χ1v) is 9.60. The molecule has 134 valence electrons. The van der Waals surface area contributed by atoms with Gasteiger partial charge in [0.15, 0.2) is 0 Å². The standard InChI is InChI=1S/C26H30/c1-25(2,19-22-13-7-4-8-14-22)26(3,20-23-15-9-5-10-16-23)21-24-17-11-6-12-18-24/h4-18H,19-21H2,1-3H3. The molecule has 0 fully saturated rings. The van der Waals surface area contributed by atoms with Crippen LogP contribution in [0.2, 0.25) is 0 Å². The molecule has 0 amide bonds. The summed E-state index contributed by atoms with van der Waals surface area (Å²) in [4.78, 5) is 0. The van der Waals surface area contributed by atoms with E-state index in [0.29, 0.717) is 0 Å². The van der Waals surface area contributed by atoms with E-state index < -0.39 is 0 Å². The lowest BCUT2D eigenvalue weighted by Crippen LogP contribution is -2.40. The molecule has 0 radical (unpaired) electrons. The van der Waals surface area contributed by atoms with Crippen LogP contribution in [-0.2, 0) is 19.3 Å². The van der Waals surface area contributed by atoms with Crippen LogP contribution in [0.3, 0.4) is 0 Å². The molecule has 0 bridgehead atoms. The molecule has 0 heterocycles. The van der Waals surface area contributed by atoms with Crippen molar-refractivity contribution in [2.45, 2.75) is 40.0 Å². The zero-order valence-corrected chi connectivity index (χ0v) is 16.3. The van der Waals surface area contributed by atoms with Gasteiger partial charge in [0.2, 0.25) is 0 Å². The van der Waals surface area contributed by atoms with Gasteiger partial charge in [-0.15, -0.1) is 0 Å². The Labute approximate surface area is 158 Å². The highest BCUT2D eigenvalue weighted by Crippen LogP contribution is 2.46. The summed E-state index contributed by atoms with van der Waals surface area (Å²) in [6.07, 6.45) is 3.26. The fraction of sp³-hybridized carbons (Fsp3) is 0.308. The van der Waals surface area contributed by atoms with Gasteiger partial charge < -0.3 is 0 Å². The van der Waals surface area contributed by atoms with Gasteiger partial charge in [-0.2, -0.15) is 0 Å². The van der Waals surface area contributed by atoms with E-state index in [1.807, 2.05) is 0 Å². The second kappa shape index (κ2) is 7.91. The minimum Gasteiger partial charge on any atom is -0.0622 e. The molecule has 0 unspecified atom stereocenters. The minimum absolute atomic E-state index is 0.158. The molecule has 3 aromatic carbocycles. The van der Waals surface area contributed by atoms with Crippen LogP contribution in [0.1, 0.15) is 37.5 Å². The molecule has 26 heavy (non-hydrogen) atoms. The van der Waals surface area contributed by atoms with Crippen LogP contribution in [0.25, 0.3) is 0 Å². The Bertz CT molecular complexity index is 744. The summed E-state index contributed by atoms with van der Waals surface area (Å²) < 4.78 is 0. The maximum Gasteiger partial charge on any atom is -0.0191 e. The summed E-state index contributed by atoms with van der Waals surface area (Å²) in [6, 6.07) is 32.8. The molecule has 0 aromatic heterocycles. The van der Waals surface area contributed by atoms with Crippen molar-refractivity contribution in [1.29, 1.82) is 0 Å². The molecule has 3 aromatic rings. The second-order valence-corrected chi connectivity index (χ2v) is 8.43. The number of hydrogen-bond donors (Lipinski definition) is 0. The normalized spacial score (nSPS) is 12.1. The van der Waals surface area contributed by atoms with Crippen molar-refractivity contribution >= 4 is 0 Å². The summed E-state index contributed by atoms with van der Waals surface area (Å²) in [5, 5.41) is 0. The number of benzene rings is 3. The molecule has 0 aliphatic carbocycles. The van der Waals surface area contributed by atoms with E-state index in [0.717, 1.165) is 19.3 Å². The smallest absolute Gasteiger partial charge is 0.0191 e. The molecular weight excluding hydrogens is 312 g/mol. The van der Waals surface area contributed by atoms with Crippen LogP contribution in [0.15, 0.2) is 91.0 Å². The zero-order chi connectivity index (χ0) is 18.5. The lowest BCUT2D eigenvalue weighted by molar-refractivity contribution is 0.0874. The zero-order valence-electron chi connectivity index (χ0n) is 16.3. The summed E-state index contributed by atoms with van der Waals surface area (Å²) in [5.41, 5.74) is 4.59. The van der Waals surface area contributed by atoms with E-state index in [2.05, 4.69) is 112 Å². The molecule has 0 nitrogen and oxygen atoms in total. The van der Waals surface area contributed by atoms with Crippen molar-refractivity contribution in [2.24, 2.45) is 10.8 Å². The van der Waals surface area contributed by atoms with Gasteiger partial charge in [-0.25, -0.2) is 0 Å². The van der Waals surface area contributed by atoms with Crippen LogP contribution in [0.5, 0.6) is 0 Å². The quantitative estimate of drug-likeness (QED) is 0.445. The van der Waals surface area contributed by atoms with Gasteiger partial charge in [0, 0.05) is 0 Å². The van der Waals surface area contributed by atoms with Crippen LogP contribution in [0.4, 0.5) is 0 Å². The predicted molar refractivity (Wildman–Crippen MR) is 112 cm³/mol. The summed E-state index contributed by atoms with van der Waals surface area (Å²) in [6.45, 7) is 7.34. The Hall–Kier alpha value is -2.34. The Balaban J connectivity index is 1.92. The fourth-order valence-electron chi connectivity index (χ4n) is 3.95. The van der Waals surface area contributed by atoms with Gasteiger partial charge in [0.1, 0.15) is 0 Å². The maximum absolute atomic E-state index is 2.47. The number of hydrogen-bond acceptors (Lipinski definition) is 0. The Morgan fingerprint density at radius 3 is 1.12 bits per heavy atom. The van der Waals surface area contributed by atoms with E-state index in [1.54, 1.807) is 0 Å². The van der Waals surface area contributed by atoms with E-state index in [1.165, 1.54) is 16.7 Å². The average Bonchev–Trinajstić information content (AvgIpc) is 2.63. The molecule has 0 atom stereocenters. The third-order valence-electron chi connectivity index (χ3n) is 6.00. The van der Waals surface area contributed by atoms with Crippen LogP contribution in [-0.4, -0.2) is 0 Å². The molecule has 0 aliphatic heterocycles. The Morgan fingerprint density at radius 1 is 0.462 bits per heavy atom.